The van der Waals surface area contributed by atoms with Crippen molar-refractivity contribution in [1.82, 2.24) is 0 Å². The first kappa shape index (κ1) is 13.2. The van der Waals surface area contributed by atoms with Gasteiger partial charge in [-0.3, -0.25) is 4.79 Å². The minimum atomic E-state index is 0.0559. The van der Waals surface area contributed by atoms with Crippen LogP contribution in [0.15, 0.2) is 29.4 Å². The van der Waals surface area contributed by atoms with Gasteiger partial charge in [-0.1, -0.05) is 31.4 Å². The van der Waals surface area contributed by atoms with Crippen molar-refractivity contribution in [3.05, 3.63) is 24.3 Å². The molecule has 1 aliphatic carbocycles. The Morgan fingerprint density at radius 2 is 1.95 bits per heavy atom. The summed E-state index contributed by atoms with van der Waals surface area (Å²) in [4.78, 5) is 12.0. The van der Waals surface area contributed by atoms with Gasteiger partial charge in [0.25, 0.3) is 5.91 Å². The van der Waals surface area contributed by atoms with E-state index in [2.05, 4.69) is 10.4 Å². The van der Waals surface area contributed by atoms with Gasteiger partial charge < -0.3 is 5.32 Å². The van der Waals surface area contributed by atoms with E-state index in [0.717, 1.165) is 17.1 Å². The SMILES string of the molecule is CC1=NN(c2ccccc2NC2CCCCC2)C(=O)C1. The Morgan fingerprint density at radius 3 is 2.65 bits per heavy atom. The highest BCUT2D eigenvalue weighted by Gasteiger charge is 2.25. The lowest BCUT2D eigenvalue weighted by atomic mass is 9.95. The van der Waals surface area contributed by atoms with Crippen molar-refractivity contribution in [3.63, 3.8) is 0 Å². The predicted molar refractivity (Wildman–Crippen MR) is 82.1 cm³/mol. The Bertz CT molecular complexity index is 532. The average molecular weight is 271 g/mol. The molecule has 2 aliphatic rings. The maximum atomic E-state index is 12.0. The van der Waals surface area contributed by atoms with E-state index >= 15 is 0 Å². The molecule has 1 aliphatic heterocycles. The maximum Gasteiger partial charge on any atom is 0.253 e. The van der Waals surface area contributed by atoms with E-state index in [1.807, 2.05) is 31.2 Å². The molecule has 0 bridgehead atoms. The highest BCUT2D eigenvalue weighted by molar-refractivity contribution is 6.13. The van der Waals surface area contributed by atoms with Gasteiger partial charge in [0.05, 0.1) is 17.8 Å². The third-order valence-corrected chi connectivity index (χ3v) is 4.01. The third-order valence-electron chi connectivity index (χ3n) is 4.01. The first-order valence-corrected chi connectivity index (χ1v) is 7.46. The zero-order chi connectivity index (χ0) is 13.9. The smallest absolute Gasteiger partial charge is 0.253 e. The monoisotopic (exact) mass is 271 g/mol. The molecule has 3 rings (SSSR count). The molecule has 1 aromatic rings. The normalized spacial score (nSPS) is 20.1. The number of carbonyl (C=O) groups is 1. The Morgan fingerprint density at radius 1 is 1.20 bits per heavy atom. The summed E-state index contributed by atoms with van der Waals surface area (Å²) < 4.78 is 0. The summed E-state index contributed by atoms with van der Waals surface area (Å²) in [5.41, 5.74) is 2.77. The van der Waals surface area contributed by atoms with Crippen molar-refractivity contribution in [3.8, 4) is 0 Å². The van der Waals surface area contributed by atoms with Crippen molar-refractivity contribution < 1.29 is 4.79 Å². The van der Waals surface area contributed by atoms with Crippen molar-refractivity contribution in [2.45, 2.75) is 51.5 Å². The number of nitrogens with zero attached hydrogens (tertiary/aromatic N) is 2. The second-order valence-corrected chi connectivity index (χ2v) is 5.71. The summed E-state index contributed by atoms with van der Waals surface area (Å²) in [6, 6.07) is 8.49. The Labute approximate surface area is 119 Å². The molecule has 1 saturated carbocycles. The highest BCUT2D eigenvalue weighted by Crippen LogP contribution is 2.31. The average Bonchev–Trinajstić information content (AvgIpc) is 2.79. The summed E-state index contributed by atoms with van der Waals surface area (Å²) in [5, 5.41) is 9.49. The van der Waals surface area contributed by atoms with E-state index in [-0.39, 0.29) is 5.91 Å². The molecule has 0 spiro atoms. The van der Waals surface area contributed by atoms with E-state index in [1.54, 1.807) is 5.01 Å². The van der Waals surface area contributed by atoms with Crippen molar-refractivity contribution in [2.75, 3.05) is 10.3 Å². The van der Waals surface area contributed by atoms with Crippen LogP contribution in [0.25, 0.3) is 0 Å². The molecule has 4 heteroatoms. The number of hydrogen-bond acceptors (Lipinski definition) is 3. The van der Waals surface area contributed by atoms with Crippen molar-refractivity contribution in [1.29, 1.82) is 0 Å². The third kappa shape index (κ3) is 2.69. The number of benzene rings is 1. The zero-order valence-corrected chi connectivity index (χ0v) is 11.9. The molecular formula is C16H21N3O. The van der Waals surface area contributed by atoms with E-state index in [9.17, 15) is 4.79 Å². The molecule has 1 heterocycles. The largest absolute Gasteiger partial charge is 0.381 e. The molecule has 0 saturated heterocycles. The number of rotatable bonds is 3. The van der Waals surface area contributed by atoms with Gasteiger partial charge in [0.2, 0.25) is 0 Å². The van der Waals surface area contributed by atoms with Gasteiger partial charge in [0.1, 0.15) is 0 Å². The fraction of sp³-hybridized carbons (Fsp3) is 0.500. The van der Waals surface area contributed by atoms with E-state index in [0.29, 0.717) is 12.5 Å². The first-order chi connectivity index (χ1) is 9.74. The number of hydrogen-bond donors (Lipinski definition) is 1. The maximum absolute atomic E-state index is 12.0. The molecule has 0 radical (unpaired) electrons. The van der Waals surface area contributed by atoms with Crippen LogP contribution in [0.2, 0.25) is 0 Å². The van der Waals surface area contributed by atoms with Crippen LogP contribution in [-0.2, 0) is 4.79 Å². The van der Waals surface area contributed by atoms with Crippen LogP contribution < -0.4 is 10.3 Å². The Kier molecular flexibility index (Phi) is 3.72. The fourth-order valence-corrected chi connectivity index (χ4v) is 2.99. The Hall–Kier alpha value is -1.84. The molecule has 4 nitrogen and oxygen atoms in total. The van der Waals surface area contributed by atoms with Crippen LogP contribution in [0.1, 0.15) is 45.4 Å². The first-order valence-electron chi connectivity index (χ1n) is 7.46. The Balaban J connectivity index is 1.82. The van der Waals surface area contributed by atoms with Crippen LogP contribution in [0.3, 0.4) is 0 Å². The molecule has 1 aromatic carbocycles. The summed E-state index contributed by atoms with van der Waals surface area (Å²) >= 11 is 0. The highest BCUT2D eigenvalue weighted by atomic mass is 16.2. The number of nitrogens with one attached hydrogen (secondary N) is 1. The molecule has 106 valence electrons. The van der Waals surface area contributed by atoms with Crippen LogP contribution in [0, 0.1) is 0 Å². The van der Waals surface area contributed by atoms with E-state index in [4.69, 9.17) is 0 Å². The number of anilines is 2. The molecule has 0 aromatic heterocycles. The van der Waals surface area contributed by atoms with E-state index in [1.165, 1.54) is 32.1 Å². The quantitative estimate of drug-likeness (QED) is 0.913. The predicted octanol–water partition coefficient (Wildman–Crippen LogP) is 3.54. The van der Waals surface area contributed by atoms with Crippen molar-refractivity contribution in [2.24, 2.45) is 5.10 Å². The molecule has 20 heavy (non-hydrogen) atoms. The molecule has 1 fully saturated rings. The zero-order valence-electron chi connectivity index (χ0n) is 11.9. The van der Waals surface area contributed by atoms with Crippen LogP contribution in [0.5, 0.6) is 0 Å². The lowest BCUT2D eigenvalue weighted by Crippen LogP contribution is -2.25. The van der Waals surface area contributed by atoms with Crippen molar-refractivity contribution >= 4 is 23.0 Å². The topological polar surface area (TPSA) is 44.7 Å². The molecule has 0 unspecified atom stereocenters. The van der Waals surface area contributed by atoms with Crippen LogP contribution in [0.4, 0.5) is 11.4 Å². The minimum absolute atomic E-state index is 0.0559. The molecule has 0 atom stereocenters. The van der Waals surface area contributed by atoms with Gasteiger partial charge in [-0.25, -0.2) is 0 Å². The van der Waals surface area contributed by atoms with E-state index < -0.39 is 0 Å². The molecule has 1 N–H and O–H groups in total. The second-order valence-electron chi connectivity index (χ2n) is 5.71. The van der Waals surface area contributed by atoms with Gasteiger partial charge >= 0.3 is 0 Å². The lowest BCUT2D eigenvalue weighted by molar-refractivity contribution is -0.116. The van der Waals surface area contributed by atoms with Crippen LogP contribution >= 0.6 is 0 Å². The summed E-state index contributed by atoms with van der Waals surface area (Å²) in [6.45, 7) is 1.90. The van der Waals surface area contributed by atoms with Gasteiger partial charge in [-0.2, -0.15) is 10.1 Å². The van der Waals surface area contributed by atoms with Gasteiger partial charge in [-0.05, 0) is 31.9 Å². The van der Waals surface area contributed by atoms with Gasteiger partial charge in [-0.15, -0.1) is 0 Å². The number of amides is 1. The van der Waals surface area contributed by atoms with Gasteiger partial charge in [0.15, 0.2) is 0 Å². The summed E-state index contributed by atoms with van der Waals surface area (Å²) in [6.07, 6.45) is 6.78. The number of para-hydroxylation sites is 2. The van der Waals surface area contributed by atoms with Gasteiger partial charge in [0, 0.05) is 11.8 Å². The fourth-order valence-electron chi connectivity index (χ4n) is 2.99. The lowest BCUT2D eigenvalue weighted by Gasteiger charge is -2.26. The summed E-state index contributed by atoms with van der Waals surface area (Å²) in [7, 11) is 0. The minimum Gasteiger partial charge on any atom is -0.381 e. The molecular weight excluding hydrogens is 250 g/mol. The standard InChI is InChI=1S/C16H21N3O/c1-12-11-16(20)19(18-12)15-10-6-5-9-14(15)17-13-7-3-2-4-8-13/h5-6,9-10,13,17H,2-4,7-8,11H2,1H3. The van der Waals surface area contributed by atoms with Crippen LogP contribution in [-0.4, -0.2) is 17.7 Å². The second kappa shape index (κ2) is 5.65. The molecule has 1 amide bonds. The number of carbonyl (C=O) groups excluding carboxylic acids is 1. The number of hydrazone groups is 1. The summed E-state index contributed by atoms with van der Waals surface area (Å²) in [5.74, 6) is 0.0559.